The van der Waals surface area contributed by atoms with E-state index in [2.05, 4.69) is 27.5 Å². The number of hydrogen-bond acceptors (Lipinski definition) is 7. The van der Waals surface area contributed by atoms with Gasteiger partial charge in [-0.05, 0) is 62.7 Å². The Hall–Kier alpha value is -5.17. The molecule has 1 fully saturated rings. The number of benzene rings is 2. The van der Waals surface area contributed by atoms with Crippen molar-refractivity contribution >= 4 is 23.8 Å². The van der Waals surface area contributed by atoms with Gasteiger partial charge in [-0.1, -0.05) is 30.0 Å². The quantitative estimate of drug-likeness (QED) is 0.283. The van der Waals surface area contributed by atoms with Crippen LogP contribution >= 0.6 is 0 Å². The molecule has 2 aliphatic rings. The molecular formula is C31H28N4O6. The molecule has 0 aliphatic carbocycles. The van der Waals surface area contributed by atoms with Gasteiger partial charge in [-0.25, -0.2) is 4.79 Å². The van der Waals surface area contributed by atoms with Crippen LogP contribution < -0.4 is 20.1 Å². The first-order valence-electron chi connectivity index (χ1n) is 12.9. The number of ether oxygens (including phenoxy) is 2. The molecule has 1 atom stereocenters. The highest BCUT2D eigenvalue weighted by atomic mass is 16.5. The first-order chi connectivity index (χ1) is 19.5. The van der Waals surface area contributed by atoms with Crippen LogP contribution in [0.5, 0.6) is 11.5 Å². The third kappa shape index (κ3) is 5.47. The third-order valence-corrected chi connectivity index (χ3v) is 6.73. The molecule has 0 unspecified atom stereocenters. The lowest BCUT2D eigenvalue weighted by Gasteiger charge is -2.26. The first-order valence-corrected chi connectivity index (χ1v) is 12.9. The largest absolute Gasteiger partial charge is 0.497 e. The number of urea groups is 1. The lowest BCUT2D eigenvalue weighted by atomic mass is 9.97. The Bertz CT molecular complexity index is 1630. The van der Waals surface area contributed by atoms with Gasteiger partial charge in [0.15, 0.2) is 5.75 Å². The highest BCUT2D eigenvalue weighted by Crippen LogP contribution is 2.31. The van der Waals surface area contributed by atoms with Gasteiger partial charge in [0.25, 0.3) is 11.8 Å². The predicted octanol–water partition coefficient (Wildman–Crippen LogP) is 3.29. The zero-order valence-electron chi connectivity index (χ0n) is 23.0. The predicted molar refractivity (Wildman–Crippen MR) is 149 cm³/mol. The number of nitrogens with zero attached hydrogens (tertiary/aromatic N) is 2. The zero-order chi connectivity index (χ0) is 29.4. The molecule has 208 valence electrons. The average Bonchev–Trinajstić information content (AvgIpc) is 3.41. The Labute approximate surface area is 237 Å². The summed E-state index contributed by atoms with van der Waals surface area (Å²) in [5.41, 5.74) is 0.716. The summed E-state index contributed by atoms with van der Waals surface area (Å²) in [4.78, 5) is 56.5. The van der Waals surface area contributed by atoms with Gasteiger partial charge in [0, 0.05) is 29.4 Å². The Morgan fingerprint density at radius 3 is 2.51 bits per heavy atom. The van der Waals surface area contributed by atoms with Crippen LogP contribution in [0.1, 0.15) is 42.3 Å². The summed E-state index contributed by atoms with van der Waals surface area (Å²) in [6, 6.07) is 14.9. The van der Waals surface area contributed by atoms with Crippen molar-refractivity contribution in [2.75, 3.05) is 13.7 Å². The summed E-state index contributed by atoms with van der Waals surface area (Å²) in [6.07, 6.45) is 1.61. The molecule has 0 radical (unpaired) electrons. The zero-order valence-corrected chi connectivity index (χ0v) is 23.0. The number of rotatable bonds is 5. The van der Waals surface area contributed by atoms with Crippen molar-refractivity contribution in [3.05, 3.63) is 77.5 Å². The maximum Gasteiger partial charge on any atom is 0.323 e. The number of esters is 1. The summed E-state index contributed by atoms with van der Waals surface area (Å²) in [6.45, 7) is 5.45. The van der Waals surface area contributed by atoms with Crippen LogP contribution in [0.4, 0.5) is 4.79 Å². The van der Waals surface area contributed by atoms with Crippen molar-refractivity contribution < 1.29 is 28.7 Å². The Kier molecular flexibility index (Phi) is 6.97. The molecule has 1 aromatic heterocycles. The number of nitrogens with one attached hydrogen (secondary N) is 2. The van der Waals surface area contributed by atoms with E-state index in [-0.39, 0.29) is 25.0 Å². The van der Waals surface area contributed by atoms with Crippen molar-refractivity contribution in [3.8, 4) is 34.6 Å². The van der Waals surface area contributed by atoms with Crippen LogP contribution in [0.15, 0.2) is 60.8 Å². The molecule has 10 nitrogen and oxygen atoms in total. The van der Waals surface area contributed by atoms with E-state index in [9.17, 15) is 19.2 Å². The van der Waals surface area contributed by atoms with Crippen molar-refractivity contribution in [1.29, 1.82) is 0 Å². The van der Waals surface area contributed by atoms with Crippen molar-refractivity contribution in [2.45, 2.75) is 32.9 Å². The summed E-state index contributed by atoms with van der Waals surface area (Å²) >= 11 is 0. The molecule has 1 saturated heterocycles. The number of pyridine rings is 1. The first kappa shape index (κ1) is 27.4. The normalized spacial score (nSPS) is 17.8. The molecule has 2 N–H and O–H groups in total. The van der Waals surface area contributed by atoms with E-state index in [1.165, 1.54) is 12.0 Å². The molecule has 41 heavy (non-hydrogen) atoms. The molecule has 5 rings (SSSR count). The second kappa shape index (κ2) is 10.4. The standard InChI is InChI=1S/C31H28N4O6/c1-30(2,3)28(38)41-24-6-5-15-32-25(24)20-9-7-19(8-10-20)13-14-31(27(37)33-29(39)34-31)18-35-17-21-11-12-22(40-4)16-23(21)26(35)36/h5-12,15-16H,17-18H2,1-4H3,(H2,33,34,37,39)/t31-/m1/s1. The smallest absolute Gasteiger partial charge is 0.323 e. The fourth-order valence-electron chi connectivity index (χ4n) is 4.44. The Balaban J connectivity index is 1.39. The van der Waals surface area contributed by atoms with E-state index in [0.29, 0.717) is 33.9 Å². The minimum atomic E-state index is -1.63. The van der Waals surface area contributed by atoms with E-state index < -0.39 is 22.9 Å². The number of amides is 4. The van der Waals surface area contributed by atoms with Gasteiger partial charge in [-0.15, -0.1) is 0 Å². The number of aromatic nitrogens is 1. The van der Waals surface area contributed by atoms with Crippen molar-refractivity contribution in [3.63, 3.8) is 0 Å². The van der Waals surface area contributed by atoms with Crippen LogP contribution in [0.3, 0.4) is 0 Å². The summed E-state index contributed by atoms with van der Waals surface area (Å²) in [5.74, 6) is 5.46. The van der Waals surface area contributed by atoms with E-state index in [1.54, 1.807) is 81.6 Å². The highest BCUT2D eigenvalue weighted by Gasteiger charge is 2.48. The summed E-state index contributed by atoms with van der Waals surface area (Å²) in [5, 5.41) is 4.84. The van der Waals surface area contributed by atoms with Crippen molar-refractivity contribution in [2.24, 2.45) is 5.41 Å². The molecule has 4 amide bonds. The molecule has 0 bridgehead atoms. The number of carbonyl (C=O) groups is 4. The maximum atomic E-state index is 13.1. The van der Waals surface area contributed by atoms with Crippen molar-refractivity contribution in [1.82, 2.24) is 20.5 Å². The minimum absolute atomic E-state index is 0.137. The second-order valence-electron chi connectivity index (χ2n) is 10.8. The molecule has 3 heterocycles. The Morgan fingerprint density at radius 1 is 1.10 bits per heavy atom. The van der Waals surface area contributed by atoms with Gasteiger partial charge >= 0.3 is 12.0 Å². The molecular weight excluding hydrogens is 524 g/mol. The Morgan fingerprint density at radius 2 is 1.85 bits per heavy atom. The third-order valence-electron chi connectivity index (χ3n) is 6.73. The lowest BCUT2D eigenvalue weighted by Crippen LogP contribution is -2.54. The molecule has 0 saturated carbocycles. The number of carbonyl (C=O) groups excluding carboxylic acids is 4. The summed E-state index contributed by atoms with van der Waals surface area (Å²) in [7, 11) is 1.52. The number of methoxy groups -OCH3 is 1. The number of hydrogen-bond donors (Lipinski definition) is 2. The van der Waals surface area contributed by atoms with E-state index in [4.69, 9.17) is 9.47 Å². The average molecular weight is 553 g/mol. The molecule has 0 spiro atoms. The van der Waals surface area contributed by atoms with Crippen LogP contribution in [-0.4, -0.2) is 52.9 Å². The van der Waals surface area contributed by atoms with Gasteiger partial charge in [0.05, 0.1) is 19.1 Å². The second-order valence-corrected chi connectivity index (χ2v) is 10.8. The molecule has 2 aromatic carbocycles. The molecule has 10 heteroatoms. The van der Waals surface area contributed by atoms with E-state index >= 15 is 0 Å². The van der Waals surface area contributed by atoms with Crippen LogP contribution in [-0.2, 0) is 16.1 Å². The van der Waals surface area contributed by atoms with E-state index in [0.717, 1.165) is 5.56 Å². The molecule has 3 aromatic rings. The number of fused-ring (bicyclic) bond motifs is 1. The summed E-state index contributed by atoms with van der Waals surface area (Å²) < 4.78 is 10.8. The minimum Gasteiger partial charge on any atom is -0.497 e. The highest BCUT2D eigenvalue weighted by molar-refractivity contribution is 6.10. The fraction of sp³-hybridized carbons (Fsp3) is 0.258. The van der Waals surface area contributed by atoms with Gasteiger partial charge < -0.3 is 19.7 Å². The van der Waals surface area contributed by atoms with Gasteiger partial charge in [0.1, 0.15) is 11.4 Å². The fourth-order valence-corrected chi connectivity index (χ4v) is 4.44. The maximum absolute atomic E-state index is 13.1. The molecule has 2 aliphatic heterocycles. The van der Waals surface area contributed by atoms with Gasteiger partial charge in [0.2, 0.25) is 5.54 Å². The lowest BCUT2D eigenvalue weighted by molar-refractivity contribution is -0.143. The SMILES string of the molecule is COc1ccc2c(c1)C(=O)N(C[C@@]1(C#Cc3ccc(-c4ncccc4OC(=O)C(C)(C)C)cc3)NC(=O)NC1=O)C2. The van der Waals surface area contributed by atoms with Crippen LogP contribution in [0.25, 0.3) is 11.3 Å². The van der Waals surface area contributed by atoms with Gasteiger partial charge in [-0.2, -0.15) is 0 Å². The monoisotopic (exact) mass is 552 g/mol. The topological polar surface area (TPSA) is 127 Å². The van der Waals surface area contributed by atoms with Crippen LogP contribution in [0, 0.1) is 17.3 Å². The van der Waals surface area contributed by atoms with E-state index in [1.807, 2.05) is 0 Å². The van der Waals surface area contributed by atoms with Gasteiger partial charge in [-0.3, -0.25) is 24.7 Å². The van der Waals surface area contributed by atoms with Crippen LogP contribution in [0.2, 0.25) is 0 Å². The number of imide groups is 1.